The molecule has 1 rings (SSSR count). The van der Waals surface area contributed by atoms with Gasteiger partial charge in [0.25, 0.3) is 0 Å². The molecule has 0 fully saturated rings. The third-order valence-electron chi connectivity index (χ3n) is 3.02. The summed E-state index contributed by atoms with van der Waals surface area (Å²) in [5.41, 5.74) is 1.75. The first-order chi connectivity index (χ1) is 9.63. The third kappa shape index (κ3) is 6.98. The van der Waals surface area contributed by atoms with Crippen LogP contribution in [0.5, 0.6) is 0 Å². The molecule has 0 saturated carbocycles. The van der Waals surface area contributed by atoms with Crippen molar-refractivity contribution in [3.05, 3.63) is 35.1 Å². The molecule has 0 saturated heterocycles. The summed E-state index contributed by atoms with van der Waals surface area (Å²) in [4.78, 5) is 2.12. The van der Waals surface area contributed by atoms with E-state index in [1.165, 1.54) is 6.07 Å². The lowest BCUT2D eigenvalue weighted by molar-refractivity contribution is 0.111. The first-order valence-corrected chi connectivity index (χ1v) is 7.34. The molecule has 0 bridgehead atoms. The van der Waals surface area contributed by atoms with Crippen LogP contribution in [0.4, 0.5) is 4.39 Å². The molecule has 1 aromatic carbocycles. The van der Waals surface area contributed by atoms with Crippen molar-refractivity contribution >= 4 is 0 Å². The second-order valence-electron chi connectivity index (χ2n) is 5.31. The van der Waals surface area contributed by atoms with Crippen LogP contribution in [0.2, 0.25) is 0 Å². The van der Waals surface area contributed by atoms with E-state index >= 15 is 0 Å². The second kappa shape index (κ2) is 9.86. The molecule has 0 unspecified atom stereocenters. The highest BCUT2D eigenvalue weighted by atomic mass is 19.1. The van der Waals surface area contributed by atoms with E-state index in [1.54, 1.807) is 0 Å². The molecule has 0 radical (unpaired) electrons. The van der Waals surface area contributed by atoms with Gasteiger partial charge in [-0.15, -0.1) is 0 Å². The lowest BCUT2D eigenvalue weighted by Gasteiger charge is -2.11. The number of ether oxygens (including phenoxy) is 1. The summed E-state index contributed by atoms with van der Waals surface area (Å²) in [6, 6.07) is 5.25. The van der Waals surface area contributed by atoms with Crippen LogP contribution in [0.15, 0.2) is 18.2 Å². The number of benzene rings is 1. The van der Waals surface area contributed by atoms with Crippen molar-refractivity contribution in [2.75, 3.05) is 33.8 Å². The molecule has 0 aliphatic heterocycles. The molecule has 0 atom stereocenters. The summed E-state index contributed by atoms with van der Waals surface area (Å²) in [5, 5.41) is 3.32. The van der Waals surface area contributed by atoms with E-state index in [2.05, 4.69) is 17.1 Å². The van der Waals surface area contributed by atoms with Gasteiger partial charge in [-0.2, -0.15) is 0 Å². The van der Waals surface area contributed by atoms with E-state index in [1.807, 2.05) is 26.2 Å². The summed E-state index contributed by atoms with van der Waals surface area (Å²) >= 11 is 0. The largest absolute Gasteiger partial charge is 0.377 e. The van der Waals surface area contributed by atoms with Gasteiger partial charge in [-0.05, 0) is 57.7 Å². The van der Waals surface area contributed by atoms with Crippen molar-refractivity contribution in [3.63, 3.8) is 0 Å². The average molecular weight is 282 g/mol. The van der Waals surface area contributed by atoms with Crippen LogP contribution in [0, 0.1) is 5.82 Å². The molecule has 0 heterocycles. The van der Waals surface area contributed by atoms with Gasteiger partial charge in [0, 0.05) is 18.7 Å². The zero-order valence-corrected chi connectivity index (χ0v) is 12.9. The lowest BCUT2D eigenvalue weighted by Crippen LogP contribution is -2.15. The number of hydrogen-bond donors (Lipinski definition) is 1. The fourth-order valence-corrected chi connectivity index (χ4v) is 1.92. The molecule has 0 aromatic heterocycles. The van der Waals surface area contributed by atoms with Gasteiger partial charge in [0.1, 0.15) is 5.82 Å². The number of nitrogens with one attached hydrogen (secondary N) is 1. The van der Waals surface area contributed by atoms with Gasteiger partial charge in [0.2, 0.25) is 0 Å². The monoisotopic (exact) mass is 282 g/mol. The van der Waals surface area contributed by atoms with Crippen LogP contribution in [0.3, 0.4) is 0 Å². The highest BCUT2D eigenvalue weighted by Crippen LogP contribution is 2.12. The fourth-order valence-electron chi connectivity index (χ4n) is 1.92. The van der Waals surface area contributed by atoms with Crippen LogP contribution >= 0.6 is 0 Å². The Morgan fingerprint density at radius 3 is 2.80 bits per heavy atom. The summed E-state index contributed by atoms with van der Waals surface area (Å²) in [6.07, 6.45) is 2.06. The average Bonchev–Trinajstić information content (AvgIpc) is 2.41. The van der Waals surface area contributed by atoms with Gasteiger partial charge in [-0.3, -0.25) is 0 Å². The number of halogens is 1. The van der Waals surface area contributed by atoms with Crippen LogP contribution in [0.25, 0.3) is 0 Å². The minimum absolute atomic E-state index is 0.183. The van der Waals surface area contributed by atoms with Gasteiger partial charge >= 0.3 is 0 Å². The molecular weight excluding hydrogens is 255 g/mol. The molecule has 3 nitrogen and oxygen atoms in total. The Morgan fingerprint density at radius 1 is 1.30 bits per heavy atom. The molecule has 4 heteroatoms. The van der Waals surface area contributed by atoms with E-state index in [9.17, 15) is 4.39 Å². The Balaban J connectivity index is 2.37. The maximum absolute atomic E-state index is 13.7. The van der Waals surface area contributed by atoms with Gasteiger partial charge < -0.3 is 15.0 Å². The Hall–Kier alpha value is -0.970. The van der Waals surface area contributed by atoms with E-state index in [4.69, 9.17) is 4.74 Å². The van der Waals surface area contributed by atoms with Gasteiger partial charge in [0.15, 0.2) is 0 Å². The molecular formula is C16H27FN2O. The van der Waals surface area contributed by atoms with Crippen LogP contribution in [-0.4, -0.2) is 38.7 Å². The quantitative estimate of drug-likeness (QED) is 0.668. The standard InChI is InChI=1S/C16H27FN2O/c1-4-8-18-12-14-6-7-16(17)15(11-14)13-20-10-5-9-19(2)3/h6-7,11,18H,4-5,8-10,12-13H2,1-3H3. The van der Waals surface area contributed by atoms with E-state index in [-0.39, 0.29) is 5.82 Å². The zero-order chi connectivity index (χ0) is 14.8. The summed E-state index contributed by atoms with van der Waals surface area (Å²) in [5.74, 6) is -0.183. The summed E-state index contributed by atoms with van der Waals surface area (Å²) in [6.45, 7) is 5.89. The van der Waals surface area contributed by atoms with Crippen LogP contribution < -0.4 is 5.32 Å². The summed E-state index contributed by atoms with van der Waals surface area (Å²) in [7, 11) is 4.07. The van der Waals surface area contributed by atoms with E-state index < -0.39 is 0 Å². The van der Waals surface area contributed by atoms with Crippen molar-refractivity contribution in [2.45, 2.75) is 32.9 Å². The maximum atomic E-state index is 13.7. The number of nitrogens with zero attached hydrogens (tertiary/aromatic N) is 1. The van der Waals surface area contributed by atoms with Crippen molar-refractivity contribution in [2.24, 2.45) is 0 Å². The Kier molecular flexibility index (Phi) is 8.42. The van der Waals surface area contributed by atoms with Gasteiger partial charge in [-0.25, -0.2) is 4.39 Å². The number of rotatable bonds is 10. The van der Waals surface area contributed by atoms with Crippen molar-refractivity contribution in [1.29, 1.82) is 0 Å². The SMILES string of the molecule is CCCNCc1ccc(F)c(COCCCN(C)C)c1. The van der Waals surface area contributed by atoms with Gasteiger partial charge in [-0.1, -0.05) is 13.0 Å². The van der Waals surface area contributed by atoms with Crippen LogP contribution in [0.1, 0.15) is 30.9 Å². The second-order valence-corrected chi connectivity index (χ2v) is 5.31. The van der Waals surface area contributed by atoms with Crippen molar-refractivity contribution in [1.82, 2.24) is 10.2 Å². The Morgan fingerprint density at radius 2 is 2.10 bits per heavy atom. The Bertz CT molecular complexity index is 383. The third-order valence-corrected chi connectivity index (χ3v) is 3.02. The van der Waals surface area contributed by atoms with E-state index in [0.29, 0.717) is 18.8 Å². The molecule has 1 aromatic rings. The molecule has 1 N–H and O–H groups in total. The number of hydrogen-bond acceptors (Lipinski definition) is 3. The highest BCUT2D eigenvalue weighted by Gasteiger charge is 2.04. The summed E-state index contributed by atoms with van der Waals surface area (Å²) < 4.78 is 19.2. The normalized spacial score (nSPS) is 11.2. The first kappa shape index (κ1) is 17.1. The molecule has 0 aliphatic rings. The molecule has 114 valence electrons. The predicted octanol–water partition coefficient (Wildman–Crippen LogP) is 2.79. The zero-order valence-electron chi connectivity index (χ0n) is 12.9. The molecule has 0 spiro atoms. The predicted molar refractivity (Wildman–Crippen MR) is 81.2 cm³/mol. The Labute approximate surface area is 122 Å². The lowest BCUT2D eigenvalue weighted by atomic mass is 10.1. The molecule has 0 amide bonds. The van der Waals surface area contributed by atoms with E-state index in [0.717, 1.165) is 38.0 Å². The van der Waals surface area contributed by atoms with Crippen LogP contribution in [-0.2, 0) is 17.9 Å². The molecule has 20 heavy (non-hydrogen) atoms. The topological polar surface area (TPSA) is 24.5 Å². The highest BCUT2D eigenvalue weighted by molar-refractivity contribution is 5.24. The maximum Gasteiger partial charge on any atom is 0.128 e. The minimum atomic E-state index is -0.183. The van der Waals surface area contributed by atoms with Crippen molar-refractivity contribution < 1.29 is 9.13 Å². The van der Waals surface area contributed by atoms with Crippen molar-refractivity contribution in [3.8, 4) is 0 Å². The molecule has 0 aliphatic carbocycles. The fraction of sp³-hybridized carbons (Fsp3) is 0.625. The first-order valence-electron chi connectivity index (χ1n) is 7.34. The minimum Gasteiger partial charge on any atom is -0.377 e. The smallest absolute Gasteiger partial charge is 0.128 e. The van der Waals surface area contributed by atoms with Gasteiger partial charge in [0.05, 0.1) is 6.61 Å².